The Hall–Kier alpha value is -1.52. The standard InChI is InChI=1S/C16H21F3N4O.HI/c1-2-20-15(23-13-5-3-4-6-13)22-10-12-7-8-21-14(9-12)24-11-16(17,18)19;/h3-4,7-9,13H,2,5-6,10-11H2,1H3,(H2,20,22,23);1H. The van der Waals surface area contributed by atoms with E-state index in [2.05, 4.69) is 37.5 Å². The SMILES string of the molecule is CCNC(=NCc1ccnc(OCC(F)(F)F)c1)NC1CC=CC1.I. The van der Waals surface area contributed by atoms with Gasteiger partial charge in [-0.3, -0.25) is 0 Å². The molecule has 0 bridgehead atoms. The molecule has 1 aromatic rings. The molecule has 0 radical (unpaired) electrons. The summed E-state index contributed by atoms with van der Waals surface area (Å²) in [5.41, 5.74) is 0.726. The van der Waals surface area contributed by atoms with Crippen LogP contribution < -0.4 is 15.4 Å². The number of aliphatic imine (C=N–C) groups is 1. The van der Waals surface area contributed by atoms with Gasteiger partial charge in [0.2, 0.25) is 5.88 Å². The van der Waals surface area contributed by atoms with E-state index < -0.39 is 12.8 Å². The lowest BCUT2D eigenvalue weighted by molar-refractivity contribution is -0.154. The Morgan fingerprint density at radius 1 is 1.36 bits per heavy atom. The van der Waals surface area contributed by atoms with Crippen molar-refractivity contribution in [3.63, 3.8) is 0 Å². The number of hydrogen-bond acceptors (Lipinski definition) is 3. The number of guanidine groups is 1. The van der Waals surface area contributed by atoms with Gasteiger partial charge in [0.05, 0.1) is 6.54 Å². The molecule has 2 rings (SSSR count). The fourth-order valence-corrected chi connectivity index (χ4v) is 2.20. The predicted molar refractivity (Wildman–Crippen MR) is 101 cm³/mol. The topological polar surface area (TPSA) is 58.5 Å². The van der Waals surface area contributed by atoms with Crippen molar-refractivity contribution in [2.45, 2.75) is 38.5 Å². The molecule has 140 valence electrons. The number of hydrogen-bond donors (Lipinski definition) is 2. The van der Waals surface area contributed by atoms with Crippen LogP contribution in [-0.2, 0) is 6.54 Å². The molecule has 1 heterocycles. The van der Waals surface area contributed by atoms with Crippen molar-refractivity contribution < 1.29 is 17.9 Å². The summed E-state index contributed by atoms with van der Waals surface area (Å²) in [5, 5.41) is 6.48. The molecule has 2 N–H and O–H groups in total. The zero-order valence-electron chi connectivity index (χ0n) is 13.8. The number of rotatable bonds is 6. The lowest BCUT2D eigenvalue weighted by atomic mass is 10.2. The molecule has 0 atom stereocenters. The van der Waals surface area contributed by atoms with Gasteiger partial charge in [0.1, 0.15) is 0 Å². The molecule has 0 unspecified atom stereocenters. The second-order valence-electron chi connectivity index (χ2n) is 5.39. The highest BCUT2D eigenvalue weighted by Crippen LogP contribution is 2.17. The predicted octanol–water partition coefficient (Wildman–Crippen LogP) is 3.41. The number of aromatic nitrogens is 1. The second-order valence-corrected chi connectivity index (χ2v) is 5.39. The van der Waals surface area contributed by atoms with Gasteiger partial charge in [0.15, 0.2) is 12.6 Å². The van der Waals surface area contributed by atoms with E-state index >= 15 is 0 Å². The Balaban J connectivity index is 0.00000312. The van der Waals surface area contributed by atoms with Gasteiger partial charge in [-0.1, -0.05) is 12.2 Å². The third-order valence-corrected chi connectivity index (χ3v) is 3.30. The van der Waals surface area contributed by atoms with Crippen molar-refractivity contribution >= 4 is 29.9 Å². The van der Waals surface area contributed by atoms with E-state index in [4.69, 9.17) is 0 Å². The third kappa shape index (κ3) is 8.41. The summed E-state index contributed by atoms with van der Waals surface area (Å²) < 4.78 is 41.2. The quantitative estimate of drug-likeness (QED) is 0.290. The molecule has 9 heteroatoms. The van der Waals surface area contributed by atoms with Crippen LogP contribution in [0.2, 0.25) is 0 Å². The fraction of sp³-hybridized carbons (Fsp3) is 0.500. The van der Waals surface area contributed by atoms with Crippen LogP contribution in [0.4, 0.5) is 13.2 Å². The highest BCUT2D eigenvalue weighted by atomic mass is 127. The van der Waals surface area contributed by atoms with Gasteiger partial charge in [0.25, 0.3) is 0 Å². The van der Waals surface area contributed by atoms with Crippen molar-refractivity contribution in [3.05, 3.63) is 36.0 Å². The van der Waals surface area contributed by atoms with Crippen LogP contribution in [0.15, 0.2) is 35.5 Å². The summed E-state index contributed by atoms with van der Waals surface area (Å²) >= 11 is 0. The van der Waals surface area contributed by atoms with E-state index in [1.54, 1.807) is 6.07 Å². The number of halogens is 4. The zero-order valence-corrected chi connectivity index (χ0v) is 16.2. The maximum Gasteiger partial charge on any atom is 0.422 e. The van der Waals surface area contributed by atoms with Crippen LogP contribution in [0.3, 0.4) is 0 Å². The average molecular weight is 470 g/mol. The van der Waals surface area contributed by atoms with E-state index in [0.717, 1.165) is 24.9 Å². The zero-order chi connectivity index (χ0) is 17.4. The molecule has 0 saturated heterocycles. The molecule has 0 fully saturated rings. The molecule has 0 spiro atoms. The first kappa shape index (κ1) is 21.5. The smallest absolute Gasteiger partial charge is 0.422 e. The normalized spacial score (nSPS) is 15.0. The third-order valence-electron chi connectivity index (χ3n) is 3.30. The first-order valence-electron chi connectivity index (χ1n) is 7.80. The minimum Gasteiger partial charge on any atom is -0.468 e. The number of ether oxygens (including phenoxy) is 1. The van der Waals surface area contributed by atoms with Crippen molar-refractivity contribution in [3.8, 4) is 5.88 Å². The number of alkyl halides is 3. The lowest BCUT2D eigenvalue weighted by Gasteiger charge is -2.16. The van der Waals surface area contributed by atoms with E-state index in [1.807, 2.05) is 6.92 Å². The average Bonchev–Trinajstić information content (AvgIpc) is 3.04. The van der Waals surface area contributed by atoms with E-state index in [1.165, 1.54) is 12.3 Å². The molecular formula is C16H22F3IN4O. The molecule has 5 nitrogen and oxygen atoms in total. The van der Waals surface area contributed by atoms with Crippen molar-refractivity contribution in [1.82, 2.24) is 15.6 Å². The molecular weight excluding hydrogens is 448 g/mol. The minimum absolute atomic E-state index is 0. The number of nitrogens with zero attached hydrogens (tertiary/aromatic N) is 2. The fourth-order valence-electron chi connectivity index (χ4n) is 2.20. The summed E-state index contributed by atoms with van der Waals surface area (Å²) in [4.78, 5) is 8.24. The maximum atomic E-state index is 12.2. The van der Waals surface area contributed by atoms with Crippen LogP contribution in [0.1, 0.15) is 25.3 Å². The molecule has 0 aliphatic heterocycles. The second kappa shape index (κ2) is 10.5. The van der Waals surface area contributed by atoms with E-state index in [-0.39, 0.29) is 29.9 Å². The molecule has 1 aliphatic carbocycles. The van der Waals surface area contributed by atoms with E-state index in [9.17, 15) is 13.2 Å². The first-order chi connectivity index (χ1) is 11.5. The number of nitrogens with one attached hydrogen (secondary N) is 2. The Morgan fingerprint density at radius 3 is 2.72 bits per heavy atom. The van der Waals surface area contributed by atoms with Gasteiger partial charge in [-0.25, -0.2) is 9.98 Å². The maximum absolute atomic E-state index is 12.2. The highest BCUT2D eigenvalue weighted by Gasteiger charge is 2.28. The lowest BCUT2D eigenvalue weighted by Crippen LogP contribution is -2.42. The summed E-state index contributed by atoms with van der Waals surface area (Å²) in [6.45, 7) is 1.66. The van der Waals surface area contributed by atoms with E-state index in [0.29, 0.717) is 18.5 Å². The van der Waals surface area contributed by atoms with Gasteiger partial charge < -0.3 is 15.4 Å². The monoisotopic (exact) mass is 470 g/mol. The molecule has 0 saturated carbocycles. The Labute approximate surface area is 162 Å². The Kier molecular flexibility index (Phi) is 9.01. The summed E-state index contributed by atoms with van der Waals surface area (Å²) in [5.74, 6) is 0.624. The number of pyridine rings is 1. The van der Waals surface area contributed by atoms with Crippen LogP contribution >= 0.6 is 24.0 Å². The Bertz CT molecular complexity index is 585. The largest absolute Gasteiger partial charge is 0.468 e. The summed E-state index contributed by atoms with van der Waals surface area (Å²) in [6.07, 6.45) is 3.18. The van der Waals surface area contributed by atoms with Gasteiger partial charge in [-0.05, 0) is 31.4 Å². The van der Waals surface area contributed by atoms with Gasteiger partial charge in [-0.2, -0.15) is 13.2 Å². The van der Waals surface area contributed by atoms with Gasteiger partial charge in [-0.15, -0.1) is 24.0 Å². The van der Waals surface area contributed by atoms with Crippen molar-refractivity contribution in [2.75, 3.05) is 13.2 Å². The van der Waals surface area contributed by atoms with Crippen LogP contribution in [0.25, 0.3) is 0 Å². The first-order valence-corrected chi connectivity index (χ1v) is 7.80. The Morgan fingerprint density at radius 2 is 2.08 bits per heavy atom. The highest BCUT2D eigenvalue weighted by molar-refractivity contribution is 14.0. The van der Waals surface area contributed by atoms with Crippen LogP contribution in [0, 0.1) is 0 Å². The molecule has 0 amide bonds. The summed E-state index contributed by atoms with van der Waals surface area (Å²) in [6, 6.07) is 3.49. The van der Waals surface area contributed by atoms with Gasteiger partial charge in [0, 0.05) is 24.8 Å². The van der Waals surface area contributed by atoms with Crippen LogP contribution in [-0.4, -0.2) is 36.3 Å². The minimum atomic E-state index is -4.38. The van der Waals surface area contributed by atoms with Crippen LogP contribution in [0.5, 0.6) is 5.88 Å². The van der Waals surface area contributed by atoms with Crippen molar-refractivity contribution in [2.24, 2.45) is 4.99 Å². The van der Waals surface area contributed by atoms with Crippen molar-refractivity contribution in [1.29, 1.82) is 0 Å². The van der Waals surface area contributed by atoms with Gasteiger partial charge >= 0.3 is 6.18 Å². The molecule has 0 aromatic carbocycles. The molecule has 25 heavy (non-hydrogen) atoms. The molecule has 1 aromatic heterocycles. The molecule has 1 aliphatic rings. The summed E-state index contributed by atoms with van der Waals surface area (Å²) in [7, 11) is 0.